The third kappa shape index (κ3) is 5.79. The number of esters is 1. The molecule has 0 atom stereocenters. The van der Waals surface area contributed by atoms with Crippen molar-refractivity contribution in [2.24, 2.45) is 0 Å². The van der Waals surface area contributed by atoms with Gasteiger partial charge in [0.15, 0.2) is 0 Å². The molecule has 0 aromatic heterocycles. The van der Waals surface area contributed by atoms with Gasteiger partial charge in [-0.1, -0.05) is 17.7 Å². The van der Waals surface area contributed by atoms with E-state index < -0.39 is 0 Å². The van der Waals surface area contributed by atoms with Crippen LogP contribution in [0, 0.1) is 6.92 Å². The molecule has 1 aromatic rings. The Morgan fingerprint density at radius 2 is 1.89 bits per heavy atom. The summed E-state index contributed by atoms with van der Waals surface area (Å²) in [5.41, 5.74) is 1.19. The van der Waals surface area contributed by atoms with Crippen molar-refractivity contribution >= 4 is 23.6 Å². The van der Waals surface area contributed by atoms with Crippen LogP contribution in [0.15, 0.2) is 29.2 Å². The van der Waals surface area contributed by atoms with E-state index in [-0.39, 0.29) is 18.4 Å². The molecule has 0 spiro atoms. The van der Waals surface area contributed by atoms with E-state index in [9.17, 15) is 9.59 Å². The van der Waals surface area contributed by atoms with Crippen LogP contribution in [0.2, 0.25) is 0 Å². The van der Waals surface area contributed by atoms with Gasteiger partial charge in [-0.15, -0.1) is 11.8 Å². The van der Waals surface area contributed by atoms with Crippen molar-refractivity contribution in [2.45, 2.75) is 18.7 Å². The molecular weight excluding hydrogens is 262 g/mol. The van der Waals surface area contributed by atoms with Crippen LogP contribution in [0.4, 0.5) is 0 Å². The minimum atomic E-state index is -0.376. The van der Waals surface area contributed by atoms with Crippen LogP contribution >= 0.6 is 11.8 Å². The normalized spacial score (nSPS) is 10.1. The van der Waals surface area contributed by atoms with Gasteiger partial charge in [-0.25, -0.2) is 0 Å². The van der Waals surface area contributed by atoms with Crippen molar-refractivity contribution in [3.63, 3.8) is 0 Å². The lowest BCUT2D eigenvalue weighted by Gasteiger charge is -2.15. The van der Waals surface area contributed by atoms with Gasteiger partial charge >= 0.3 is 5.97 Å². The van der Waals surface area contributed by atoms with Gasteiger partial charge in [0.25, 0.3) is 0 Å². The van der Waals surface area contributed by atoms with Crippen LogP contribution in [-0.2, 0) is 14.3 Å². The molecule has 19 heavy (non-hydrogen) atoms. The Labute approximate surface area is 118 Å². The lowest BCUT2D eigenvalue weighted by molar-refractivity contribution is -0.147. The molecule has 0 bridgehead atoms. The second-order valence-corrected chi connectivity index (χ2v) is 5.21. The number of hydrogen-bond donors (Lipinski definition) is 0. The standard InChI is InChI=1S/C14H19NO3S/c1-4-18-14(17)9-15(3)13(16)10-19-12-7-5-11(2)6-8-12/h5-8H,4,9-10H2,1-3H3. The Balaban J connectivity index is 2.38. The molecule has 5 heteroatoms. The second-order valence-electron chi connectivity index (χ2n) is 4.16. The van der Waals surface area contributed by atoms with Crippen LogP contribution in [0.5, 0.6) is 0 Å². The molecule has 0 saturated carbocycles. The molecule has 0 N–H and O–H groups in total. The topological polar surface area (TPSA) is 46.6 Å². The number of hydrogen-bond acceptors (Lipinski definition) is 4. The summed E-state index contributed by atoms with van der Waals surface area (Å²) in [6.45, 7) is 4.10. The predicted molar refractivity (Wildman–Crippen MR) is 76.2 cm³/mol. The fourth-order valence-electron chi connectivity index (χ4n) is 1.38. The molecule has 0 fully saturated rings. The zero-order valence-corrected chi connectivity index (χ0v) is 12.3. The summed E-state index contributed by atoms with van der Waals surface area (Å²) in [6.07, 6.45) is 0. The first-order valence-corrected chi connectivity index (χ1v) is 7.10. The third-order valence-electron chi connectivity index (χ3n) is 2.48. The van der Waals surface area contributed by atoms with Crippen molar-refractivity contribution in [3.05, 3.63) is 29.8 Å². The maximum absolute atomic E-state index is 11.8. The van der Waals surface area contributed by atoms with Gasteiger partial charge in [0.2, 0.25) is 5.91 Å². The van der Waals surface area contributed by atoms with Crippen LogP contribution in [-0.4, -0.2) is 42.7 Å². The van der Waals surface area contributed by atoms with E-state index in [1.165, 1.54) is 22.2 Å². The molecule has 1 amide bonds. The number of aryl methyl sites for hydroxylation is 1. The quantitative estimate of drug-likeness (QED) is 0.592. The number of nitrogens with zero attached hydrogens (tertiary/aromatic N) is 1. The minimum absolute atomic E-state index is 0.00112. The van der Waals surface area contributed by atoms with E-state index in [0.29, 0.717) is 12.4 Å². The SMILES string of the molecule is CCOC(=O)CN(C)C(=O)CSc1ccc(C)cc1. The van der Waals surface area contributed by atoms with Gasteiger partial charge in [-0.2, -0.15) is 0 Å². The highest BCUT2D eigenvalue weighted by Crippen LogP contribution is 2.18. The van der Waals surface area contributed by atoms with Crippen molar-refractivity contribution in [1.82, 2.24) is 4.90 Å². The Hall–Kier alpha value is -1.49. The zero-order valence-electron chi connectivity index (χ0n) is 11.5. The van der Waals surface area contributed by atoms with Crippen LogP contribution in [0.25, 0.3) is 0 Å². The number of thioether (sulfide) groups is 1. The maximum Gasteiger partial charge on any atom is 0.325 e. The van der Waals surface area contributed by atoms with Crippen molar-refractivity contribution in [3.8, 4) is 0 Å². The zero-order chi connectivity index (χ0) is 14.3. The molecule has 104 valence electrons. The number of benzene rings is 1. The number of amides is 1. The summed E-state index contributed by atoms with van der Waals surface area (Å²) < 4.78 is 4.80. The fourth-order valence-corrected chi connectivity index (χ4v) is 2.22. The molecule has 0 saturated heterocycles. The highest BCUT2D eigenvalue weighted by molar-refractivity contribution is 8.00. The van der Waals surface area contributed by atoms with Gasteiger partial charge < -0.3 is 9.64 Å². The molecule has 4 nitrogen and oxygen atoms in total. The molecule has 0 aliphatic heterocycles. The van der Waals surface area contributed by atoms with Gasteiger partial charge in [-0.3, -0.25) is 9.59 Å². The average Bonchev–Trinajstić information content (AvgIpc) is 2.37. The van der Waals surface area contributed by atoms with Gasteiger partial charge in [0.05, 0.1) is 12.4 Å². The molecule has 0 unspecified atom stereocenters. The number of rotatable bonds is 6. The van der Waals surface area contributed by atoms with Crippen molar-refractivity contribution < 1.29 is 14.3 Å². The van der Waals surface area contributed by atoms with Crippen LogP contribution in [0.1, 0.15) is 12.5 Å². The van der Waals surface area contributed by atoms with Crippen molar-refractivity contribution in [2.75, 3.05) is 26.0 Å². The maximum atomic E-state index is 11.8. The number of likely N-dealkylation sites (N-methyl/N-ethyl adjacent to an activating group) is 1. The molecule has 1 aromatic carbocycles. The molecule has 0 radical (unpaired) electrons. The van der Waals surface area contributed by atoms with E-state index in [2.05, 4.69) is 0 Å². The van der Waals surface area contributed by atoms with Gasteiger partial charge in [0.1, 0.15) is 6.54 Å². The lowest BCUT2D eigenvalue weighted by Crippen LogP contribution is -2.34. The Morgan fingerprint density at radius 3 is 2.47 bits per heavy atom. The summed E-state index contributed by atoms with van der Waals surface area (Å²) in [4.78, 5) is 25.5. The highest BCUT2D eigenvalue weighted by Gasteiger charge is 2.13. The van der Waals surface area contributed by atoms with E-state index in [1.54, 1.807) is 14.0 Å². The summed E-state index contributed by atoms with van der Waals surface area (Å²) in [6, 6.07) is 7.99. The Morgan fingerprint density at radius 1 is 1.26 bits per heavy atom. The first kappa shape index (κ1) is 15.6. The predicted octanol–water partition coefficient (Wildman–Crippen LogP) is 2.11. The summed E-state index contributed by atoms with van der Waals surface area (Å²) in [5, 5.41) is 0. The molecule has 1 rings (SSSR count). The first-order chi connectivity index (χ1) is 9.02. The number of carbonyl (C=O) groups excluding carboxylic acids is 2. The van der Waals surface area contributed by atoms with E-state index in [1.807, 2.05) is 31.2 Å². The third-order valence-corrected chi connectivity index (χ3v) is 3.48. The molecule has 0 aliphatic rings. The summed E-state index contributed by atoms with van der Waals surface area (Å²) in [7, 11) is 1.61. The highest BCUT2D eigenvalue weighted by atomic mass is 32.2. The Kier molecular flexibility index (Phi) is 6.42. The minimum Gasteiger partial charge on any atom is -0.465 e. The molecule has 0 heterocycles. The molecular formula is C14H19NO3S. The van der Waals surface area contributed by atoms with Gasteiger partial charge in [0, 0.05) is 11.9 Å². The summed E-state index contributed by atoms with van der Waals surface area (Å²) in [5.74, 6) is -0.142. The fraction of sp³-hybridized carbons (Fsp3) is 0.429. The Bertz CT molecular complexity index is 431. The first-order valence-electron chi connectivity index (χ1n) is 6.12. The largest absolute Gasteiger partial charge is 0.465 e. The van der Waals surface area contributed by atoms with Crippen LogP contribution in [0.3, 0.4) is 0 Å². The number of carbonyl (C=O) groups is 2. The van der Waals surface area contributed by atoms with E-state index >= 15 is 0 Å². The van der Waals surface area contributed by atoms with E-state index in [0.717, 1.165) is 4.90 Å². The van der Waals surface area contributed by atoms with Crippen molar-refractivity contribution in [1.29, 1.82) is 0 Å². The summed E-state index contributed by atoms with van der Waals surface area (Å²) >= 11 is 1.46. The second kappa shape index (κ2) is 7.84. The monoisotopic (exact) mass is 281 g/mol. The average molecular weight is 281 g/mol. The number of ether oxygens (including phenoxy) is 1. The van der Waals surface area contributed by atoms with Gasteiger partial charge in [-0.05, 0) is 26.0 Å². The molecule has 0 aliphatic carbocycles. The van der Waals surface area contributed by atoms with E-state index in [4.69, 9.17) is 4.74 Å². The van der Waals surface area contributed by atoms with Crippen LogP contribution < -0.4 is 0 Å². The lowest BCUT2D eigenvalue weighted by atomic mass is 10.2. The smallest absolute Gasteiger partial charge is 0.325 e.